The number of aliphatic hydroxyl groups is 1. The maximum Gasteiger partial charge on any atom is 0.119 e. The van der Waals surface area contributed by atoms with Gasteiger partial charge in [-0.15, -0.1) is 0 Å². The number of rotatable bonds is 7. The Kier molecular flexibility index (Phi) is 5.86. The summed E-state index contributed by atoms with van der Waals surface area (Å²) in [6.45, 7) is 4.17. The Hall–Kier alpha value is -1.06. The summed E-state index contributed by atoms with van der Waals surface area (Å²) in [4.78, 5) is 0. The first-order valence-corrected chi connectivity index (χ1v) is 7.78. The van der Waals surface area contributed by atoms with Crippen molar-refractivity contribution < 1.29 is 9.84 Å². The second kappa shape index (κ2) is 7.65. The molecule has 0 atom stereocenters. The van der Waals surface area contributed by atoms with E-state index in [-0.39, 0.29) is 12.1 Å². The Bertz CT molecular complexity index is 372. The molecule has 1 fully saturated rings. The third-order valence-electron chi connectivity index (χ3n) is 4.37. The van der Waals surface area contributed by atoms with E-state index in [2.05, 4.69) is 12.2 Å². The molecule has 112 valence electrons. The van der Waals surface area contributed by atoms with Crippen molar-refractivity contribution in [1.82, 2.24) is 5.32 Å². The van der Waals surface area contributed by atoms with Crippen LogP contribution in [-0.4, -0.2) is 30.4 Å². The van der Waals surface area contributed by atoms with Crippen molar-refractivity contribution in [3.05, 3.63) is 30.3 Å². The zero-order valence-electron chi connectivity index (χ0n) is 12.5. The molecule has 0 bridgehead atoms. The van der Waals surface area contributed by atoms with Gasteiger partial charge in [-0.05, 0) is 56.7 Å². The van der Waals surface area contributed by atoms with Crippen LogP contribution in [0, 0.1) is 5.92 Å². The molecule has 0 heterocycles. The van der Waals surface area contributed by atoms with E-state index < -0.39 is 0 Å². The molecule has 0 saturated heterocycles. The Morgan fingerprint density at radius 1 is 1.25 bits per heavy atom. The van der Waals surface area contributed by atoms with Crippen LogP contribution in [0.15, 0.2) is 30.3 Å². The van der Waals surface area contributed by atoms with Gasteiger partial charge < -0.3 is 15.2 Å². The molecule has 1 aliphatic rings. The third kappa shape index (κ3) is 4.50. The molecule has 0 amide bonds. The highest BCUT2D eigenvalue weighted by Gasteiger charge is 2.32. The maximum absolute atomic E-state index is 9.67. The highest BCUT2D eigenvalue weighted by Crippen LogP contribution is 2.31. The summed E-state index contributed by atoms with van der Waals surface area (Å²) in [6, 6.07) is 9.91. The standard InChI is InChI=1S/C17H27NO2/c1-15-8-10-17(14-19,11-9-15)18-12-5-13-20-16-6-3-2-4-7-16/h2-4,6-7,15,18-19H,5,8-14H2,1H3. The van der Waals surface area contributed by atoms with Crippen molar-refractivity contribution in [2.75, 3.05) is 19.8 Å². The normalized spacial score (nSPS) is 26.4. The van der Waals surface area contributed by atoms with E-state index in [0.717, 1.165) is 44.1 Å². The van der Waals surface area contributed by atoms with E-state index in [1.165, 1.54) is 12.8 Å². The zero-order chi connectivity index (χ0) is 14.3. The minimum atomic E-state index is -0.0424. The number of nitrogens with one attached hydrogen (secondary N) is 1. The fourth-order valence-corrected chi connectivity index (χ4v) is 2.84. The van der Waals surface area contributed by atoms with Crippen LogP contribution in [0.25, 0.3) is 0 Å². The van der Waals surface area contributed by atoms with Crippen LogP contribution in [0.5, 0.6) is 5.75 Å². The van der Waals surface area contributed by atoms with Crippen LogP contribution in [0.3, 0.4) is 0 Å². The number of hydrogen-bond donors (Lipinski definition) is 2. The first-order chi connectivity index (χ1) is 9.74. The van der Waals surface area contributed by atoms with Gasteiger partial charge in [-0.2, -0.15) is 0 Å². The lowest BCUT2D eigenvalue weighted by atomic mass is 9.77. The number of aliphatic hydroxyl groups excluding tert-OH is 1. The molecule has 2 rings (SSSR count). The van der Waals surface area contributed by atoms with Gasteiger partial charge in [0.25, 0.3) is 0 Å². The molecule has 1 aromatic rings. The van der Waals surface area contributed by atoms with Gasteiger partial charge in [-0.25, -0.2) is 0 Å². The van der Waals surface area contributed by atoms with Gasteiger partial charge in [0, 0.05) is 5.54 Å². The smallest absolute Gasteiger partial charge is 0.119 e. The van der Waals surface area contributed by atoms with Crippen molar-refractivity contribution in [2.24, 2.45) is 5.92 Å². The SMILES string of the molecule is CC1CCC(CO)(NCCCOc2ccccc2)CC1. The van der Waals surface area contributed by atoms with Gasteiger partial charge in [0.15, 0.2) is 0 Å². The van der Waals surface area contributed by atoms with Crippen molar-refractivity contribution in [1.29, 1.82) is 0 Å². The van der Waals surface area contributed by atoms with E-state index in [0.29, 0.717) is 0 Å². The molecule has 20 heavy (non-hydrogen) atoms. The lowest BCUT2D eigenvalue weighted by Gasteiger charge is -2.39. The molecule has 0 unspecified atom stereocenters. The molecule has 0 aromatic heterocycles. The van der Waals surface area contributed by atoms with E-state index in [1.54, 1.807) is 0 Å². The van der Waals surface area contributed by atoms with Gasteiger partial charge in [0.05, 0.1) is 13.2 Å². The largest absolute Gasteiger partial charge is 0.494 e. The summed E-state index contributed by atoms with van der Waals surface area (Å²) in [6.07, 6.45) is 5.57. The molecule has 1 aliphatic carbocycles. The summed E-state index contributed by atoms with van der Waals surface area (Å²) in [5, 5.41) is 13.2. The predicted octanol–water partition coefficient (Wildman–Crippen LogP) is 2.99. The van der Waals surface area contributed by atoms with Gasteiger partial charge >= 0.3 is 0 Å². The van der Waals surface area contributed by atoms with Gasteiger partial charge in [-0.3, -0.25) is 0 Å². The number of para-hydroxylation sites is 1. The number of ether oxygens (including phenoxy) is 1. The molecular weight excluding hydrogens is 250 g/mol. The fraction of sp³-hybridized carbons (Fsp3) is 0.647. The van der Waals surface area contributed by atoms with E-state index in [1.807, 2.05) is 30.3 Å². The molecule has 3 nitrogen and oxygen atoms in total. The Balaban J connectivity index is 1.64. The summed E-state index contributed by atoms with van der Waals surface area (Å²) < 4.78 is 5.68. The predicted molar refractivity (Wildman–Crippen MR) is 82.0 cm³/mol. The van der Waals surface area contributed by atoms with Crippen molar-refractivity contribution in [2.45, 2.75) is 44.6 Å². The quantitative estimate of drug-likeness (QED) is 0.753. The molecule has 1 aromatic carbocycles. The Labute approximate surface area is 122 Å². The van der Waals surface area contributed by atoms with Crippen LogP contribution < -0.4 is 10.1 Å². The average molecular weight is 277 g/mol. The first kappa shape index (κ1) is 15.3. The molecular formula is C17H27NO2. The van der Waals surface area contributed by atoms with Crippen LogP contribution >= 0.6 is 0 Å². The average Bonchev–Trinajstić information content (AvgIpc) is 2.50. The van der Waals surface area contributed by atoms with Crippen LogP contribution in [0.2, 0.25) is 0 Å². The maximum atomic E-state index is 9.67. The summed E-state index contributed by atoms with van der Waals surface area (Å²) in [5.74, 6) is 1.73. The van der Waals surface area contributed by atoms with Gasteiger partial charge in [0.1, 0.15) is 5.75 Å². The van der Waals surface area contributed by atoms with E-state index >= 15 is 0 Å². The summed E-state index contributed by atoms with van der Waals surface area (Å²) in [7, 11) is 0. The highest BCUT2D eigenvalue weighted by atomic mass is 16.5. The molecule has 3 heteroatoms. The Morgan fingerprint density at radius 3 is 2.60 bits per heavy atom. The van der Waals surface area contributed by atoms with Crippen LogP contribution in [0.1, 0.15) is 39.0 Å². The van der Waals surface area contributed by atoms with Gasteiger partial charge in [-0.1, -0.05) is 25.1 Å². The summed E-state index contributed by atoms with van der Waals surface area (Å²) >= 11 is 0. The van der Waals surface area contributed by atoms with E-state index in [4.69, 9.17) is 4.74 Å². The van der Waals surface area contributed by atoms with Crippen LogP contribution in [-0.2, 0) is 0 Å². The van der Waals surface area contributed by atoms with Crippen molar-refractivity contribution in [3.63, 3.8) is 0 Å². The fourth-order valence-electron chi connectivity index (χ4n) is 2.84. The van der Waals surface area contributed by atoms with Crippen molar-refractivity contribution >= 4 is 0 Å². The molecule has 0 radical (unpaired) electrons. The van der Waals surface area contributed by atoms with Crippen molar-refractivity contribution in [3.8, 4) is 5.75 Å². The molecule has 0 aliphatic heterocycles. The molecule has 0 spiro atoms. The molecule has 2 N–H and O–H groups in total. The van der Waals surface area contributed by atoms with Gasteiger partial charge in [0.2, 0.25) is 0 Å². The second-order valence-electron chi connectivity index (χ2n) is 6.06. The Morgan fingerprint density at radius 2 is 1.95 bits per heavy atom. The minimum Gasteiger partial charge on any atom is -0.494 e. The zero-order valence-corrected chi connectivity index (χ0v) is 12.5. The van der Waals surface area contributed by atoms with E-state index in [9.17, 15) is 5.11 Å². The first-order valence-electron chi connectivity index (χ1n) is 7.78. The summed E-state index contributed by atoms with van der Waals surface area (Å²) in [5.41, 5.74) is -0.0424. The number of hydrogen-bond acceptors (Lipinski definition) is 3. The molecule has 1 saturated carbocycles. The second-order valence-corrected chi connectivity index (χ2v) is 6.06. The highest BCUT2D eigenvalue weighted by molar-refractivity contribution is 5.20. The van der Waals surface area contributed by atoms with Crippen LogP contribution in [0.4, 0.5) is 0 Å². The lowest BCUT2D eigenvalue weighted by molar-refractivity contribution is 0.104. The lowest BCUT2D eigenvalue weighted by Crippen LogP contribution is -2.51. The minimum absolute atomic E-state index is 0.0424. The topological polar surface area (TPSA) is 41.5 Å². The monoisotopic (exact) mass is 277 g/mol. The number of benzene rings is 1. The third-order valence-corrected chi connectivity index (χ3v) is 4.37.